The molecule has 0 unspecified atom stereocenters. The molecule has 1 aliphatic heterocycles. The van der Waals surface area contributed by atoms with Gasteiger partial charge in [0.2, 0.25) is 0 Å². The van der Waals surface area contributed by atoms with Gasteiger partial charge in [-0.25, -0.2) is 0 Å². The quantitative estimate of drug-likeness (QED) is 0.485. The van der Waals surface area contributed by atoms with Gasteiger partial charge in [0, 0.05) is 11.5 Å². The first-order chi connectivity index (χ1) is 16.9. The fourth-order valence-electron chi connectivity index (χ4n) is 5.64. The number of anilines is 1. The van der Waals surface area contributed by atoms with Gasteiger partial charge in [-0.1, -0.05) is 85.0 Å². The maximum atomic E-state index is 14.5. The van der Waals surface area contributed by atoms with E-state index in [1.165, 1.54) is 5.01 Å². The van der Waals surface area contributed by atoms with Crippen molar-refractivity contribution in [2.45, 2.75) is 31.6 Å². The second kappa shape index (κ2) is 8.58. The number of para-hydroxylation sites is 1. The van der Waals surface area contributed by atoms with E-state index in [2.05, 4.69) is 12.0 Å². The lowest BCUT2D eigenvalue weighted by Gasteiger charge is -2.43. The number of hydrogen-bond donors (Lipinski definition) is 2. The number of phenolic OH excluding ortho intramolecular Hbond substituents is 1. The number of nitrogens with one attached hydrogen (secondary N) is 1. The standard InChI is InChI=1S/C30H28N2O3/c1-4-21-15-18-25-28(34)32(31-23-16-13-19(2)14-17-23)29(35)30(25,22-10-6-5-7-11-22)26(21)24-12-8-9-20(3)27(24)33/h4-17,25-26,31,33H,1,18H2,2-3H3/t25-,26+,30+/m0/s1. The number of hydrogen-bond acceptors (Lipinski definition) is 4. The van der Waals surface area contributed by atoms with Crippen LogP contribution in [0.3, 0.4) is 0 Å². The molecule has 35 heavy (non-hydrogen) atoms. The number of aromatic hydroxyl groups is 1. The zero-order valence-electron chi connectivity index (χ0n) is 19.9. The van der Waals surface area contributed by atoms with Crippen LogP contribution in [0.2, 0.25) is 0 Å². The van der Waals surface area contributed by atoms with Crippen LogP contribution < -0.4 is 5.43 Å². The summed E-state index contributed by atoms with van der Waals surface area (Å²) < 4.78 is 0. The van der Waals surface area contributed by atoms with Crippen LogP contribution in [0.4, 0.5) is 5.69 Å². The van der Waals surface area contributed by atoms with E-state index < -0.39 is 17.3 Å². The maximum absolute atomic E-state index is 14.5. The fourth-order valence-corrected chi connectivity index (χ4v) is 5.64. The third-order valence-corrected chi connectivity index (χ3v) is 7.36. The number of carbonyl (C=O) groups is 2. The van der Waals surface area contributed by atoms with Crippen molar-refractivity contribution in [2.24, 2.45) is 5.92 Å². The molecule has 3 atom stereocenters. The number of aryl methyl sites for hydroxylation is 2. The van der Waals surface area contributed by atoms with Gasteiger partial charge in [-0.15, -0.1) is 0 Å². The Kier molecular flexibility index (Phi) is 5.56. The van der Waals surface area contributed by atoms with Gasteiger partial charge in [-0.05, 0) is 49.1 Å². The van der Waals surface area contributed by atoms with Crippen LogP contribution in [0.25, 0.3) is 0 Å². The molecule has 0 bridgehead atoms. The number of rotatable bonds is 5. The van der Waals surface area contributed by atoms with Crippen molar-refractivity contribution in [1.29, 1.82) is 0 Å². The van der Waals surface area contributed by atoms with Crippen LogP contribution in [-0.4, -0.2) is 21.9 Å². The molecule has 0 spiro atoms. The topological polar surface area (TPSA) is 69.6 Å². The summed E-state index contributed by atoms with van der Waals surface area (Å²) in [5.74, 6) is -1.70. The lowest BCUT2D eigenvalue weighted by molar-refractivity contribution is -0.138. The summed E-state index contributed by atoms with van der Waals surface area (Å²) in [6, 6.07) is 22.6. The van der Waals surface area contributed by atoms with Gasteiger partial charge in [0.15, 0.2) is 0 Å². The highest BCUT2D eigenvalue weighted by Gasteiger charge is 2.66. The van der Waals surface area contributed by atoms with Crippen molar-refractivity contribution in [3.8, 4) is 5.75 Å². The molecule has 0 aromatic heterocycles. The number of benzene rings is 3. The van der Waals surface area contributed by atoms with E-state index in [0.717, 1.165) is 16.7 Å². The lowest BCUT2D eigenvalue weighted by Crippen LogP contribution is -2.48. The van der Waals surface area contributed by atoms with Crippen molar-refractivity contribution < 1.29 is 14.7 Å². The number of amides is 2. The summed E-state index contributed by atoms with van der Waals surface area (Å²) in [6.07, 6.45) is 4.11. The second-order valence-electron chi connectivity index (χ2n) is 9.33. The number of imide groups is 1. The first-order valence-electron chi connectivity index (χ1n) is 11.8. The lowest BCUT2D eigenvalue weighted by atomic mass is 9.56. The second-order valence-corrected chi connectivity index (χ2v) is 9.33. The third kappa shape index (κ3) is 3.38. The number of carbonyl (C=O) groups excluding carboxylic acids is 2. The summed E-state index contributed by atoms with van der Waals surface area (Å²) in [6.45, 7) is 7.83. The Hall–Kier alpha value is -4.12. The highest BCUT2D eigenvalue weighted by molar-refractivity contribution is 6.12. The average molecular weight is 465 g/mol. The molecule has 5 heteroatoms. The van der Waals surface area contributed by atoms with E-state index in [9.17, 15) is 14.7 Å². The van der Waals surface area contributed by atoms with Gasteiger partial charge in [0.05, 0.1) is 17.0 Å². The molecule has 176 valence electrons. The molecule has 2 N–H and O–H groups in total. The van der Waals surface area contributed by atoms with E-state index in [-0.39, 0.29) is 17.6 Å². The number of hydrazine groups is 1. The summed E-state index contributed by atoms with van der Waals surface area (Å²) in [5, 5.41) is 12.3. The summed E-state index contributed by atoms with van der Waals surface area (Å²) in [5.41, 5.74) is 6.47. The number of nitrogens with zero attached hydrogens (tertiary/aromatic N) is 1. The number of fused-ring (bicyclic) bond motifs is 1. The van der Waals surface area contributed by atoms with Gasteiger partial charge in [-0.2, -0.15) is 5.01 Å². The highest BCUT2D eigenvalue weighted by Crippen LogP contribution is 2.58. The zero-order valence-corrected chi connectivity index (χ0v) is 19.9. The Morgan fingerprint density at radius 2 is 1.71 bits per heavy atom. The van der Waals surface area contributed by atoms with Gasteiger partial charge in [0.25, 0.3) is 11.8 Å². The summed E-state index contributed by atoms with van der Waals surface area (Å²) in [4.78, 5) is 28.3. The monoisotopic (exact) mass is 464 g/mol. The average Bonchev–Trinajstić information content (AvgIpc) is 3.09. The van der Waals surface area contributed by atoms with Crippen molar-refractivity contribution in [1.82, 2.24) is 5.01 Å². The van der Waals surface area contributed by atoms with Crippen molar-refractivity contribution in [2.75, 3.05) is 5.43 Å². The molecule has 2 amide bonds. The van der Waals surface area contributed by atoms with E-state index in [1.807, 2.05) is 92.7 Å². The molecule has 2 aliphatic rings. The Bertz CT molecular complexity index is 1340. The van der Waals surface area contributed by atoms with Crippen molar-refractivity contribution in [3.63, 3.8) is 0 Å². The minimum Gasteiger partial charge on any atom is -0.507 e. The first-order valence-corrected chi connectivity index (χ1v) is 11.8. The van der Waals surface area contributed by atoms with E-state index in [1.54, 1.807) is 6.08 Å². The highest BCUT2D eigenvalue weighted by atomic mass is 16.3. The minimum absolute atomic E-state index is 0.131. The van der Waals surface area contributed by atoms with E-state index in [4.69, 9.17) is 0 Å². The molecular weight excluding hydrogens is 436 g/mol. The number of phenols is 1. The molecule has 0 saturated carbocycles. The molecular formula is C30H28N2O3. The molecule has 3 aromatic carbocycles. The molecule has 1 fully saturated rings. The first kappa shape index (κ1) is 22.7. The Balaban J connectivity index is 1.74. The molecule has 1 heterocycles. The molecule has 5 nitrogen and oxygen atoms in total. The van der Waals surface area contributed by atoms with Crippen LogP contribution in [0, 0.1) is 19.8 Å². The van der Waals surface area contributed by atoms with Gasteiger partial charge in [0.1, 0.15) is 5.75 Å². The smallest absolute Gasteiger partial charge is 0.260 e. The van der Waals surface area contributed by atoms with Crippen LogP contribution in [-0.2, 0) is 15.0 Å². The number of allylic oxidation sites excluding steroid dienone is 3. The predicted molar refractivity (Wildman–Crippen MR) is 137 cm³/mol. The molecule has 5 rings (SSSR count). The maximum Gasteiger partial charge on any atom is 0.260 e. The van der Waals surface area contributed by atoms with Crippen molar-refractivity contribution in [3.05, 3.63) is 119 Å². The molecule has 1 aliphatic carbocycles. The molecule has 1 saturated heterocycles. The van der Waals surface area contributed by atoms with Gasteiger partial charge < -0.3 is 5.11 Å². The van der Waals surface area contributed by atoms with E-state index in [0.29, 0.717) is 23.2 Å². The van der Waals surface area contributed by atoms with E-state index >= 15 is 0 Å². The summed E-state index contributed by atoms with van der Waals surface area (Å²) in [7, 11) is 0. The van der Waals surface area contributed by atoms with Crippen LogP contribution >= 0.6 is 0 Å². The Labute approximate surface area is 205 Å². The normalized spacial score (nSPS) is 23.6. The Morgan fingerprint density at radius 1 is 1.00 bits per heavy atom. The SMILES string of the molecule is C=CC1=CC[C@H]2C(=O)N(Nc3ccc(C)cc3)C(=O)[C@@]2(c2ccccc2)[C@H]1c1cccc(C)c1O. The van der Waals surface area contributed by atoms with Gasteiger partial charge in [-0.3, -0.25) is 15.0 Å². The molecule has 3 aromatic rings. The van der Waals surface area contributed by atoms with Crippen LogP contribution in [0.1, 0.15) is 34.6 Å². The van der Waals surface area contributed by atoms with Crippen LogP contribution in [0.5, 0.6) is 5.75 Å². The van der Waals surface area contributed by atoms with Gasteiger partial charge >= 0.3 is 0 Å². The minimum atomic E-state index is -1.24. The zero-order chi connectivity index (χ0) is 24.7. The third-order valence-electron chi connectivity index (χ3n) is 7.36. The summed E-state index contributed by atoms with van der Waals surface area (Å²) >= 11 is 0. The predicted octanol–water partition coefficient (Wildman–Crippen LogP) is 5.56. The largest absolute Gasteiger partial charge is 0.507 e. The molecule has 0 radical (unpaired) electrons. The Morgan fingerprint density at radius 3 is 2.40 bits per heavy atom. The fraction of sp³-hybridized carbons (Fsp3) is 0.200. The van der Waals surface area contributed by atoms with Crippen LogP contribution in [0.15, 0.2) is 97.1 Å². The van der Waals surface area contributed by atoms with Crippen molar-refractivity contribution >= 4 is 17.5 Å².